The highest BCUT2D eigenvalue weighted by Crippen LogP contribution is 2.32. The number of fused-ring (bicyclic) bond motifs is 1. The minimum Gasteiger partial charge on any atom is -0.491 e. The normalized spacial score (nSPS) is 12.4. The van der Waals surface area contributed by atoms with E-state index in [2.05, 4.69) is 15.3 Å². The molecule has 148 valence electrons. The van der Waals surface area contributed by atoms with Crippen molar-refractivity contribution < 1.29 is 19.4 Å². The summed E-state index contributed by atoms with van der Waals surface area (Å²) in [6, 6.07) is 13.0. The van der Waals surface area contributed by atoms with Gasteiger partial charge in [-0.15, -0.1) is 0 Å². The highest BCUT2D eigenvalue weighted by molar-refractivity contribution is 5.89. The number of hydrogen-bond donors (Lipinski definition) is 2. The molecule has 7 nitrogen and oxygen atoms in total. The third-order valence-corrected chi connectivity index (χ3v) is 4.63. The van der Waals surface area contributed by atoms with Crippen LogP contribution < -0.4 is 14.8 Å². The zero-order chi connectivity index (χ0) is 20.1. The summed E-state index contributed by atoms with van der Waals surface area (Å²) in [5, 5.41) is 12.9. The molecule has 2 N–H and O–H groups in total. The molecule has 4 rings (SSSR count). The van der Waals surface area contributed by atoms with Crippen molar-refractivity contribution >= 4 is 11.7 Å². The number of aromatic carboxylic acids is 1. The van der Waals surface area contributed by atoms with Crippen molar-refractivity contribution in [1.29, 1.82) is 0 Å². The molecule has 1 aliphatic heterocycles. The van der Waals surface area contributed by atoms with Gasteiger partial charge in [0, 0.05) is 24.5 Å². The third-order valence-electron chi connectivity index (χ3n) is 4.63. The molecule has 7 heteroatoms. The van der Waals surface area contributed by atoms with Gasteiger partial charge >= 0.3 is 5.97 Å². The first-order valence-corrected chi connectivity index (χ1v) is 9.48. The lowest BCUT2D eigenvalue weighted by molar-refractivity contribution is 0.0685. The van der Waals surface area contributed by atoms with Crippen LogP contribution in [-0.4, -0.2) is 40.8 Å². The first kappa shape index (κ1) is 18.7. The van der Waals surface area contributed by atoms with Gasteiger partial charge in [0.15, 0.2) is 11.4 Å². The fourth-order valence-electron chi connectivity index (χ4n) is 3.18. The summed E-state index contributed by atoms with van der Waals surface area (Å²) >= 11 is 0. The number of nitrogens with one attached hydrogen (secondary N) is 1. The maximum atomic E-state index is 11.7. The smallest absolute Gasteiger partial charge is 0.358 e. The van der Waals surface area contributed by atoms with Crippen LogP contribution in [0.3, 0.4) is 0 Å². The first-order valence-electron chi connectivity index (χ1n) is 9.48. The maximum absolute atomic E-state index is 11.7. The van der Waals surface area contributed by atoms with E-state index < -0.39 is 5.97 Å². The Labute approximate surface area is 168 Å². The number of pyridine rings is 2. The minimum atomic E-state index is -1.12. The Kier molecular flexibility index (Phi) is 5.56. The number of ether oxygens (including phenoxy) is 2. The molecule has 0 atom stereocenters. The van der Waals surface area contributed by atoms with Crippen LogP contribution in [-0.2, 0) is 6.42 Å². The second-order valence-corrected chi connectivity index (χ2v) is 6.64. The first-order chi connectivity index (χ1) is 14.2. The molecule has 3 aromatic rings. The van der Waals surface area contributed by atoms with Crippen molar-refractivity contribution in [2.75, 3.05) is 25.1 Å². The molecule has 1 aliphatic rings. The van der Waals surface area contributed by atoms with Crippen LogP contribution in [0.2, 0.25) is 0 Å². The van der Waals surface area contributed by atoms with Gasteiger partial charge in [-0.2, -0.15) is 0 Å². The molecule has 0 saturated carbocycles. The molecule has 3 heterocycles. The lowest BCUT2D eigenvalue weighted by Crippen LogP contribution is -2.17. The van der Waals surface area contributed by atoms with Crippen LogP contribution in [0.15, 0.2) is 54.9 Å². The van der Waals surface area contributed by atoms with Crippen molar-refractivity contribution in [1.82, 2.24) is 9.97 Å². The van der Waals surface area contributed by atoms with Gasteiger partial charge in [-0.25, -0.2) is 9.78 Å². The zero-order valence-electron chi connectivity index (χ0n) is 15.8. The fourth-order valence-corrected chi connectivity index (χ4v) is 3.18. The summed E-state index contributed by atoms with van der Waals surface area (Å²) in [4.78, 5) is 20.0. The molecular weight excluding hydrogens is 370 g/mol. The fraction of sp³-hybridized carbons (Fsp3) is 0.227. The van der Waals surface area contributed by atoms with Crippen LogP contribution in [0.4, 0.5) is 5.69 Å². The van der Waals surface area contributed by atoms with E-state index >= 15 is 0 Å². The van der Waals surface area contributed by atoms with Crippen molar-refractivity contribution in [3.63, 3.8) is 0 Å². The molecule has 2 aromatic heterocycles. The number of aromatic nitrogens is 2. The second-order valence-electron chi connectivity index (χ2n) is 6.64. The topological polar surface area (TPSA) is 93.6 Å². The highest BCUT2D eigenvalue weighted by Gasteiger charge is 2.17. The predicted molar refractivity (Wildman–Crippen MR) is 109 cm³/mol. The van der Waals surface area contributed by atoms with E-state index in [0.717, 1.165) is 36.4 Å². The Hall–Kier alpha value is -3.61. The number of anilines is 1. The Bertz CT molecular complexity index is 1010. The molecule has 0 bridgehead atoms. The van der Waals surface area contributed by atoms with Gasteiger partial charge in [0.1, 0.15) is 12.4 Å². The van der Waals surface area contributed by atoms with Gasteiger partial charge in [-0.1, -0.05) is 0 Å². The molecule has 1 aromatic carbocycles. The second kappa shape index (κ2) is 8.60. The van der Waals surface area contributed by atoms with Crippen molar-refractivity contribution in [3.05, 3.63) is 66.1 Å². The van der Waals surface area contributed by atoms with Gasteiger partial charge in [0.2, 0.25) is 0 Å². The van der Waals surface area contributed by atoms with E-state index in [-0.39, 0.29) is 11.4 Å². The number of aryl methyl sites for hydroxylation is 1. The van der Waals surface area contributed by atoms with Crippen LogP contribution in [0.1, 0.15) is 22.5 Å². The molecule has 0 saturated heterocycles. The quantitative estimate of drug-likeness (QED) is 0.594. The SMILES string of the molecule is O=C(O)c1nc(-c2ccc3c(c2)NCCO3)ccc1OCCCc1ccncc1. The van der Waals surface area contributed by atoms with Crippen LogP contribution in [0.5, 0.6) is 11.5 Å². The van der Waals surface area contributed by atoms with Crippen molar-refractivity contribution in [2.45, 2.75) is 12.8 Å². The average molecular weight is 391 g/mol. The van der Waals surface area contributed by atoms with Crippen molar-refractivity contribution in [2.24, 2.45) is 0 Å². The number of hydrogen-bond acceptors (Lipinski definition) is 6. The van der Waals surface area contributed by atoms with E-state index in [1.165, 1.54) is 5.56 Å². The molecule has 0 fully saturated rings. The molecule has 0 unspecified atom stereocenters. The standard InChI is InChI=1S/C22H21N3O4/c26-22(27)21-20(28-12-1-2-15-7-9-23-10-8-15)6-4-17(25-21)16-3-5-19-18(14-16)24-11-13-29-19/h3-10,14,24H,1-2,11-13H2,(H,26,27). The number of nitrogens with zero attached hydrogens (tertiary/aromatic N) is 2. The summed E-state index contributed by atoms with van der Waals surface area (Å²) in [6.45, 7) is 1.77. The molecule has 29 heavy (non-hydrogen) atoms. The molecule has 0 amide bonds. The van der Waals surface area contributed by atoms with Gasteiger partial charge in [0.05, 0.1) is 18.0 Å². The largest absolute Gasteiger partial charge is 0.491 e. The summed E-state index contributed by atoms with van der Waals surface area (Å²) in [5.74, 6) is -0.0570. The summed E-state index contributed by atoms with van der Waals surface area (Å²) in [6.07, 6.45) is 5.11. The molecule has 0 spiro atoms. The third kappa shape index (κ3) is 4.45. The highest BCUT2D eigenvalue weighted by atomic mass is 16.5. The Morgan fingerprint density at radius 1 is 1.17 bits per heavy atom. The Morgan fingerprint density at radius 2 is 2.03 bits per heavy atom. The van der Waals surface area contributed by atoms with E-state index in [1.54, 1.807) is 24.5 Å². The van der Waals surface area contributed by atoms with E-state index in [1.807, 2.05) is 30.3 Å². The molecule has 0 radical (unpaired) electrons. The van der Waals surface area contributed by atoms with E-state index in [4.69, 9.17) is 9.47 Å². The number of rotatable bonds is 7. The van der Waals surface area contributed by atoms with Crippen LogP contribution >= 0.6 is 0 Å². The van der Waals surface area contributed by atoms with E-state index in [0.29, 0.717) is 18.9 Å². The predicted octanol–water partition coefficient (Wildman–Crippen LogP) is 3.66. The molecular formula is C22H21N3O4. The number of carbonyl (C=O) groups is 1. The van der Waals surface area contributed by atoms with Crippen molar-refractivity contribution in [3.8, 4) is 22.8 Å². The van der Waals surface area contributed by atoms with E-state index in [9.17, 15) is 9.90 Å². The lowest BCUT2D eigenvalue weighted by atomic mass is 10.1. The Balaban J connectivity index is 1.47. The van der Waals surface area contributed by atoms with Crippen LogP contribution in [0.25, 0.3) is 11.3 Å². The summed E-state index contributed by atoms with van der Waals surface area (Å²) in [7, 11) is 0. The average Bonchev–Trinajstić information content (AvgIpc) is 2.77. The minimum absolute atomic E-state index is 0.0895. The maximum Gasteiger partial charge on any atom is 0.358 e. The van der Waals surface area contributed by atoms with Gasteiger partial charge in [-0.05, 0) is 60.9 Å². The summed E-state index contributed by atoms with van der Waals surface area (Å²) < 4.78 is 11.3. The lowest BCUT2D eigenvalue weighted by Gasteiger charge is -2.19. The monoisotopic (exact) mass is 391 g/mol. The van der Waals surface area contributed by atoms with Gasteiger partial charge in [0.25, 0.3) is 0 Å². The van der Waals surface area contributed by atoms with Gasteiger partial charge < -0.3 is 19.9 Å². The zero-order valence-corrected chi connectivity index (χ0v) is 15.8. The Morgan fingerprint density at radius 3 is 2.86 bits per heavy atom. The number of carboxylic acids is 1. The van der Waals surface area contributed by atoms with Crippen LogP contribution in [0, 0.1) is 0 Å². The molecule has 0 aliphatic carbocycles. The number of benzene rings is 1. The van der Waals surface area contributed by atoms with Gasteiger partial charge in [-0.3, -0.25) is 4.98 Å². The number of carboxylic acid groups (broad SMARTS) is 1. The summed E-state index contributed by atoms with van der Waals surface area (Å²) in [5.41, 5.74) is 3.34.